The van der Waals surface area contributed by atoms with Crippen LogP contribution in [0.5, 0.6) is 0 Å². The van der Waals surface area contributed by atoms with E-state index < -0.39 is 33.7 Å². The molecule has 0 saturated carbocycles. The van der Waals surface area contributed by atoms with Crippen LogP contribution in [0, 0.1) is 0 Å². The van der Waals surface area contributed by atoms with Gasteiger partial charge >= 0.3 is 6.09 Å². The van der Waals surface area contributed by atoms with Gasteiger partial charge in [0.1, 0.15) is 11.6 Å². The third-order valence-corrected chi connectivity index (χ3v) is 4.33. The van der Waals surface area contributed by atoms with Crippen molar-refractivity contribution in [3.8, 4) is 0 Å². The van der Waals surface area contributed by atoms with Crippen molar-refractivity contribution < 1.29 is 22.7 Å². The molecule has 0 aliphatic heterocycles. The molecular formula is C17H30N2O5S. The predicted molar refractivity (Wildman–Crippen MR) is 98.6 cm³/mol. The summed E-state index contributed by atoms with van der Waals surface area (Å²) in [5, 5.41) is 2.36. The molecule has 0 aliphatic rings. The number of unbranched alkanes of at least 4 members (excludes halogenated alkanes) is 3. The summed E-state index contributed by atoms with van der Waals surface area (Å²) < 4.78 is 31.0. The Balaban J connectivity index is 4.63. The Morgan fingerprint density at radius 3 is 2.28 bits per heavy atom. The molecule has 2 amide bonds. The topological polar surface area (TPSA) is 102 Å². The first-order valence-corrected chi connectivity index (χ1v) is 9.91. The molecule has 7 nitrogen and oxygen atoms in total. The van der Waals surface area contributed by atoms with Gasteiger partial charge in [-0.05, 0) is 46.5 Å². The molecular weight excluding hydrogens is 344 g/mol. The van der Waals surface area contributed by atoms with Crippen LogP contribution >= 0.6 is 0 Å². The Labute approximate surface area is 150 Å². The third kappa shape index (κ3) is 12.2. The summed E-state index contributed by atoms with van der Waals surface area (Å²) in [6.07, 6.45) is 5.34. The van der Waals surface area contributed by atoms with E-state index in [9.17, 15) is 18.0 Å². The second-order valence-electron chi connectivity index (χ2n) is 6.65. The average molecular weight is 375 g/mol. The van der Waals surface area contributed by atoms with Crippen LogP contribution < -0.4 is 10.0 Å². The SMILES string of the molecule is C=CCCCCCS(=O)(=O)NC(=O)C(CC=C)NC(=O)OC(C)(C)C. The van der Waals surface area contributed by atoms with Crippen molar-refractivity contribution in [3.05, 3.63) is 25.3 Å². The number of hydrogen-bond donors (Lipinski definition) is 2. The van der Waals surface area contributed by atoms with Gasteiger partial charge < -0.3 is 10.1 Å². The lowest BCUT2D eigenvalue weighted by molar-refractivity contribution is -0.121. The first-order chi connectivity index (χ1) is 11.5. The van der Waals surface area contributed by atoms with E-state index in [1.54, 1.807) is 26.8 Å². The highest BCUT2D eigenvalue weighted by Gasteiger charge is 2.26. The van der Waals surface area contributed by atoms with E-state index in [2.05, 4.69) is 18.5 Å². The average Bonchev–Trinajstić information content (AvgIpc) is 2.44. The Hall–Kier alpha value is -1.83. The zero-order chi connectivity index (χ0) is 19.5. The van der Waals surface area contributed by atoms with Gasteiger partial charge in [-0.1, -0.05) is 18.6 Å². The third-order valence-electron chi connectivity index (χ3n) is 2.99. The van der Waals surface area contributed by atoms with E-state index in [0.29, 0.717) is 6.42 Å². The smallest absolute Gasteiger partial charge is 0.408 e. The number of rotatable bonds is 11. The summed E-state index contributed by atoms with van der Waals surface area (Å²) >= 11 is 0. The number of amides is 2. The highest BCUT2D eigenvalue weighted by atomic mass is 32.2. The summed E-state index contributed by atoms with van der Waals surface area (Å²) in [4.78, 5) is 23.9. The zero-order valence-electron chi connectivity index (χ0n) is 15.3. The van der Waals surface area contributed by atoms with Crippen molar-refractivity contribution in [2.75, 3.05) is 5.75 Å². The highest BCUT2D eigenvalue weighted by molar-refractivity contribution is 7.90. The summed E-state index contributed by atoms with van der Waals surface area (Å²) in [6, 6.07) is -1.07. The summed E-state index contributed by atoms with van der Waals surface area (Å²) in [5.41, 5.74) is -0.725. The van der Waals surface area contributed by atoms with Crippen molar-refractivity contribution in [2.45, 2.75) is 64.5 Å². The van der Waals surface area contributed by atoms with Crippen LogP contribution in [-0.2, 0) is 19.6 Å². The minimum Gasteiger partial charge on any atom is -0.444 e. The first kappa shape index (κ1) is 23.2. The second-order valence-corrected chi connectivity index (χ2v) is 8.49. The lowest BCUT2D eigenvalue weighted by Gasteiger charge is -2.22. The number of sulfonamides is 1. The Bertz CT molecular complexity index is 564. The molecule has 0 aromatic carbocycles. The minimum absolute atomic E-state index is 0.0833. The molecule has 1 unspecified atom stereocenters. The van der Waals surface area contributed by atoms with Crippen LogP contribution in [-0.4, -0.2) is 37.8 Å². The number of nitrogens with one attached hydrogen (secondary N) is 2. The lowest BCUT2D eigenvalue weighted by atomic mass is 10.2. The van der Waals surface area contributed by atoms with Gasteiger partial charge in [-0.3, -0.25) is 9.52 Å². The Morgan fingerprint density at radius 2 is 1.76 bits per heavy atom. The molecule has 0 spiro atoms. The number of carbonyl (C=O) groups is 2. The van der Waals surface area contributed by atoms with Gasteiger partial charge in [0, 0.05) is 0 Å². The van der Waals surface area contributed by atoms with Crippen molar-refractivity contribution >= 4 is 22.0 Å². The van der Waals surface area contributed by atoms with E-state index in [1.165, 1.54) is 6.08 Å². The zero-order valence-corrected chi connectivity index (χ0v) is 16.2. The first-order valence-electron chi connectivity index (χ1n) is 8.26. The molecule has 0 aromatic rings. The van der Waals surface area contributed by atoms with Gasteiger partial charge in [0.15, 0.2) is 0 Å². The number of alkyl carbamates (subject to hydrolysis) is 1. The largest absolute Gasteiger partial charge is 0.444 e. The maximum Gasteiger partial charge on any atom is 0.408 e. The quantitative estimate of drug-likeness (QED) is 0.428. The Morgan fingerprint density at radius 1 is 1.12 bits per heavy atom. The molecule has 0 fully saturated rings. The van der Waals surface area contributed by atoms with Crippen molar-refractivity contribution in [2.24, 2.45) is 0 Å². The van der Waals surface area contributed by atoms with Crippen LogP contribution in [0.4, 0.5) is 4.79 Å². The molecule has 0 bridgehead atoms. The second kappa shape index (κ2) is 10.9. The van der Waals surface area contributed by atoms with Gasteiger partial charge in [-0.15, -0.1) is 13.2 Å². The van der Waals surface area contributed by atoms with Crippen molar-refractivity contribution in [1.29, 1.82) is 0 Å². The van der Waals surface area contributed by atoms with E-state index in [0.717, 1.165) is 19.3 Å². The van der Waals surface area contributed by atoms with E-state index >= 15 is 0 Å². The predicted octanol–water partition coefficient (Wildman–Crippen LogP) is 2.65. The number of ether oxygens (including phenoxy) is 1. The van der Waals surface area contributed by atoms with Gasteiger partial charge in [0.2, 0.25) is 10.0 Å². The minimum atomic E-state index is -3.75. The molecule has 2 N–H and O–H groups in total. The van der Waals surface area contributed by atoms with Crippen LogP contribution in [0.15, 0.2) is 25.3 Å². The van der Waals surface area contributed by atoms with E-state index in [-0.39, 0.29) is 12.2 Å². The van der Waals surface area contributed by atoms with Crippen molar-refractivity contribution in [1.82, 2.24) is 10.0 Å². The molecule has 1 atom stereocenters. The van der Waals surface area contributed by atoms with E-state index in [4.69, 9.17) is 4.74 Å². The summed E-state index contributed by atoms with van der Waals surface area (Å²) in [6.45, 7) is 12.2. The fourth-order valence-corrected chi connectivity index (χ4v) is 3.02. The molecule has 144 valence electrons. The molecule has 0 saturated heterocycles. The van der Waals surface area contributed by atoms with Crippen LogP contribution in [0.3, 0.4) is 0 Å². The van der Waals surface area contributed by atoms with Crippen LogP contribution in [0.1, 0.15) is 52.9 Å². The number of carbonyl (C=O) groups excluding carboxylic acids is 2. The van der Waals surface area contributed by atoms with Crippen LogP contribution in [0.2, 0.25) is 0 Å². The van der Waals surface area contributed by atoms with Gasteiger partial charge in [-0.2, -0.15) is 0 Å². The molecule has 0 heterocycles. The highest BCUT2D eigenvalue weighted by Crippen LogP contribution is 2.08. The summed E-state index contributed by atoms with van der Waals surface area (Å²) in [7, 11) is -3.75. The number of hydrogen-bond acceptors (Lipinski definition) is 5. The van der Waals surface area contributed by atoms with E-state index in [1.807, 2.05) is 4.72 Å². The normalized spacial score (nSPS) is 12.8. The summed E-state index contributed by atoms with van der Waals surface area (Å²) in [5.74, 6) is -0.958. The van der Waals surface area contributed by atoms with Gasteiger partial charge in [-0.25, -0.2) is 13.2 Å². The standard InChI is InChI=1S/C17H30N2O5S/c1-6-8-9-10-11-13-25(22,23)19-15(20)14(12-7-2)18-16(21)24-17(3,4)5/h6-7,14H,1-2,8-13H2,3-5H3,(H,18,21)(H,19,20). The molecule has 25 heavy (non-hydrogen) atoms. The Kier molecular flexibility index (Phi) is 10.1. The van der Waals surface area contributed by atoms with Crippen molar-refractivity contribution in [3.63, 3.8) is 0 Å². The molecule has 0 rings (SSSR count). The lowest BCUT2D eigenvalue weighted by Crippen LogP contribution is -2.49. The molecule has 8 heteroatoms. The van der Waals surface area contributed by atoms with Crippen LogP contribution in [0.25, 0.3) is 0 Å². The van der Waals surface area contributed by atoms with Gasteiger partial charge in [0.05, 0.1) is 5.75 Å². The van der Waals surface area contributed by atoms with Gasteiger partial charge in [0.25, 0.3) is 5.91 Å². The molecule has 0 aliphatic carbocycles. The molecule has 0 radical (unpaired) electrons. The monoisotopic (exact) mass is 374 g/mol. The molecule has 0 aromatic heterocycles. The number of allylic oxidation sites excluding steroid dienone is 1. The fourth-order valence-electron chi connectivity index (χ4n) is 1.88. The maximum atomic E-state index is 12.2. The fraction of sp³-hybridized carbons (Fsp3) is 0.647. The maximum absolute atomic E-state index is 12.2.